The number of nitrogens with one attached hydrogen (secondary N) is 4. The molecule has 4 N–H and O–H groups in total. The number of aromatic nitrogens is 4. The summed E-state index contributed by atoms with van der Waals surface area (Å²) >= 11 is 6.34. The van der Waals surface area contributed by atoms with E-state index in [1.807, 2.05) is 24.3 Å². The lowest BCUT2D eigenvalue weighted by molar-refractivity contribution is 0.101. The molecule has 35 heavy (non-hydrogen) atoms. The van der Waals surface area contributed by atoms with Crippen molar-refractivity contribution in [1.82, 2.24) is 19.9 Å². The van der Waals surface area contributed by atoms with Gasteiger partial charge in [0.1, 0.15) is 11.6 Å². The number of halogens is 1. The van der Waals surface area contributed by atoms with E-state index in [0.717, 1.165) is 22.8 Å². The van der Waals surface area contributed by atoms with Crippen molar-refractivity contribution in [3.05, 3.63) is 108 Å². The van der Waals surface area contributed by atoms with Crippen LogP contribution in [-0.2, 0) is 0 Å². The molecule has 8 nitrogen and oxygen atoms in total. The van der Waals surface area contributed by atoms with Crippen molar-refractivity contribution in [3.8, 4) is 22.8 Å². The summed E-state index contributed by atoms with van der Waals surface area (Å²) in [6.07, 6.45) is 6.85. The zero-order valence-corrected chi connectivity index (χ0v) is 19.0. The molecule has 0 aliphatic carbocycles. The normalized spacial score (nSPS) is 10.7. The second-order valence-electron chi connectivity index (χ2n) is 7.63. The van der Waals surface area contributed by atoms with Crippen molar-refractivity contribution in [3.63, 3.8) is 0 Å². The number of rotatable bonds is 6. The van der Waals surface area contributed by atoms with Gasteiger partial charge in [-0.2, -0.15) is 0 Å². The minimum atomic E-state index is -0.374. The molecule has 2 amide bonds. The van der Waals surface area contributed by atoms with Gasteiger partial charge >= 0.3 is 0 Å². The van der Waals surface area contributed by atoms with Gasteiger partial charge in [0.25, 0.3) is 11.8 Å². The van der Waals surface area contributed by atoms with Crippen LogP contribution < -0.4 is 10.6 Å². The number of hydrogen-bond acceptors (Lipinski definition) is 4. The van der Waals surface area contributed by atoms with Crippen molar-refractivity contribution >= 4 is 34.8 Å². The molecular weight excluding hydrogens is 464 g/mol. The summed E-state index contributed by atoms with van der Waals surface area (Å²) in [5.74, 6) is 0.782. The van der Waals surface area contributed by atoms with Crippen LogP contribution in [0.25, 0.3) is 22.8 Å². The molecule has 0 unspecified atom stereocenters. The number of nitrogens with zero attached hydrogens (tertiary/aromatic N) is 2. The van der Waals surface area contributed by atoms with Crippen molar-refractivity contribution in [1.29, 1.82) is 0 Å². The van der Waals surface area contributed by atoms with Gasteiger partial charge in [-0.15, -0.1) is 0 Å². The Labute approximate surface area is 205 Å². The molecule has 5 aromatic rings. The average molecular weight is 483 g/mol. The number of aromatic amines is 2. The van der Waals surface area contributed by atoms with Crippen LogP contribution in [0, 0.1) is 0 Å². The fraction of sp³-hybridized carbons (Fsp3) is 0. The maximum Gasteiger partial charge on any atom is 0.257 e. The molecule has 0 saturated carbocycles. The Balaban J connectivity index is 1.24. The molecule has 0 spiro atoms. The number of H-pyrrole nitrogens is 2. The summed E-state index contributed by atoms with van der Waals surface area (Å²) in [6.45, 7) is 0. The molecule has 9 heteroatoms. The number of benzene rings is 3. The van der Waals surface area contributed by atoms with Crippen LogP contribution in [0.5, 0.6) is 0 Å². The fourth-order valence-corrected chi connectivity index (χ4v) is 3.78. The maximum absolute atomic E-state index is 12.7. The van der Waals surface area contributed by atoms with Crippen LogP contribution in [-0.4, -0.2) is 31.8 Å². The lowest BCUT2D eigenvalue weighted by atomic mass is 10.1. The third-order valence-electron chi connectivity index (χ3n) is 5.30. The van der Waals surface area contributed by atoms with E-state index in [0.29, 0.717) is 16.9 Å². The first-order valence-corrected chi connectivity index (χ1v) is 11.1. The number of carbonyl (C=O) groups is 2. The van der Waals surface area contributed by atoms with Gasteiger partial charge in [0.15, 0.2) is 0 Å². The van der Waals surface area contributed by atoms with Gasteiger partial charge in [-0.25, -0.2) is 9.97 Å². The van der Waals surface area contributed by atoms with E-state index in [1.54, 1.807) is 55.1 Å². The van der Waals surface area contributed by atoms with Crippen molar-refractivity contribution in [2.45, 2.75) is 0 Å². The van der Waals surface area contributed by atoms with Gasteiger partial charge in [0, 0.05) is 52.9 Å². The second kappa shape index (κ2) is 9.66. The number of hydrogen-bond donors (Lipinski definition) is 4. The third kappa shape index (κ3) is 4.97. The van der Waals surface area contributed by atoms with Gasteiger partial charge in [-0.05, 0) is 66.7 Å². The van der Waals surface area contributed by atoms with Crippen LogP contribution in [0.3, 0.4) is 0 Å². The standard InChI is InChI=1S/C26H19ClN6O2/c27-22-15-18(25(34)32-19-6-1-16(2-7-19)23-28-11-12-29-23)5-10-21(22)26(35)33-20-8-3-17(4-9-20)24-30-13-14-31-24/h1-15H,(H,28,29)(H,30,31)(H,32,34)(H,33,35). The first kappa shape index (κ1) is 22.1. The molecule has 0 aliphatic rings. The number of amides is 2. The predicted octanol–water partition coefficient (Wildman–Crippen LogP) is 5.62. The monoisotopic (exact) mass is 482 g/mol. The predicted molar refractivity (Wildman–Crippen MR) is 135 cm³/mol. The second-order valence-corrected chi connectivity index (χ2v) is 8.04. The Bertz CT molecular complexity index is 1460. The summed E-state index contributed by atoms with van der Waals surface area (Å²) < 4.78 is 0. The van der Waals surface area contributed by atoms with Crippen molar-refractivity contribution in [2.24, 2.45) is 0 Å². The zero-order chi connectivity index (χ0) is 24.2. The topological polar surface area (TPSA) is 116 Å². The van der Waals surface area contributed by atoms with Gasteiger partial charge in [0.2, 0.25) is 0 Å². The Hall–Kier alpha value is -4.69. The van der Waals surface area contributed by atoms with Gasteiger partial charge in [-0.1, -0.05) is 11.6 Å². The largest absolute Gasteiger partial charge is 0.345 e. The van der Waals surface area contributed by atoms with Crippen LogP contribution in [0.4, 0.5) is 11.4 Å². The minimum Gasteiger partial charge on any atom is -0.345 e. The Morgan fingerprint density at radius 1 is 0.686 bits per heavy atom. The molecule has 0 saturated heterocycles. The quantitative estimate of drug-likeness (QED) is 0.251. The first-order valence-electron chi connectivity index (χ1n) is 10.7. The highest BCUT2D eigenvalue weighted by molar-refractivity contribution is 6.35. The van der Waals surface area contributed by atoms with E-state index in [4.69, 9.17) is 11.6 Å². The average Bonchev–Trinajstić information content (AvgIpc) is 3.60. The van der Waals surface area contributed by atoms with Crippen LogP contribution in [0.2, 0.25) is 5.02 Å². The van der Waals surface area contributed by atoms with Gasteiger partial charge in [0.05, 0.1) is 10.6 Å². The Kier molecular flexibility index (Phi) is 6.11. The van der Waals surface area contributed by atoms with Crippen molar-refractivity contribution < 1.29 is 9.59 Å². The maximum atomic E-state index is 12.7. The minimum absolute atomic E-state index is 0.176. The van der Waals surface area contributed by atoms with E-state index < -0.39 is 0 Å². The summed E-state index contributed by atoms with van der Waals surface area (Å²) in [7, 11) is 0. The van der Waals surface area contributed by atoms with Crippen LogP contribution in [0.1, 0.15) is 20.7 Å². The molecule has 5 rings (SSSR count). The van der Waals surface area contributed by atoms with Crippen LogP contribution >= 0.6 is 11.6 Å². The molecule has 2 heterocycles. The molecule has 0 aliphatic heterocycles. The molecular formula is C26H19ClN6O2. The van der Waals surface area contributed by atoms with E-state index in [2.05, 4.69) is 30.6 Å². The smallest absolute Gasteiger partial charge is 0.257 e. The number of carbonyl (C=O) groups excluding carboxylic acids is 2. The van der Waals surface area contributed by atoms with E-state index in [9.17, 15) is 9.59 Å². The summed E-state index contributed by atoms with van der Waals surface area (Å²) in [6, 6.07) is 19.1. The first-order chi connectivity index (χ1) is 17.1. The fourth-order valence-electron chi connectivity index (χ4n) is 3.51. The van der Waals surface area contributed by atoms with Gasteiger partial charge in [-0.3, -0.25) is 9.59 Å². The highest BCUT2D eigenvalue weighted by Crippen LogP contribution is 2.23. The molecule has 0 bridgehead atoms. The third-order valence-corrected chi connectivity index (χ3v) is 5.62. The van der Waals surface area contributed by atoms with Crippen LogP contribution in [0.15, 0.2) is 91.5 Å². The molecule has 3 aromatic carbocycles. The summed E-state index contributed by atoms with van der Waals surface area (Å²) in [5.41, 5.74) is 3.65. The van der Waals surface area contributed by atoms with E-state index in [-0.39, 0.29) is 22.4 Å². The summed E-state index contributed by atoms with van der Waals surface area (Å²) in [4.78, 5) is 39.9. The van der Waals surface area contributed by atoms with E-state index in [1.165, 1.54) is 12.1 Å². The van der Waals surface area contributed by atoms with E-state index >= 15 is 0 Å². The number of imidazole rings is 2. The Morgan fingerprint density at radius 3 is 1.66 bits per heavy atom. The SMILES string of the molecule is O=C(Nc1ccc(-c2ncc[nH]2)cc1)c1ccc(C(=O)Nc2ccc(-c3ncc[nH]3)cc2)c(Cl)c1. The zero-order valence-electron chi connectivity index (χ0n) is 18.2. The highest BCUT2D eigenvalue weighted by atomic mass is 35.5. The van der Waals surface area contributed by atoms with Gasteiger partial charge < -0.3 is 20.6 Å². The highest BCUT2D eigenvalue weighted by Gasteiger charge is 2.15. The molecule has 2 aromatic heterocycles. The summed E-state index contributed by atoms with van der Waals surface area (Å²) in [5, 5.41) is 5.82. The molecule has 0 atom stereocenters. The van der Waals surface area contributed by atoms with Crippen molar-refractivity contribution in [2.75, 3.05) is 10.6 Å². The molecule has 0 radical (unpaired) electrons. The molecule has 0 fully saturated rings. The Morgan fingerprint density at radius 2 is 1.20 bits per heavy atom. The lowest BCUT2D eigenvalue weighted by Crippen LogP contribution is -2.15. The lowest BCUT2D eigenvalue weighted by Gasteiger charge is -2.10. The molecule has 172 valence electrons. The number of anilines is 2.